The van der Waals surface area contributed by atoms with Crippen LogP contribution in [0.2, 0.25) is 0 Å². The summed E-state index contributed by atoms with van der Waals surface area (Å²) in [6.07, 6.45) is 3.98. The summed E-state index contributed by atoms with van der Waals surface area (Å²) in [7, 11) is 0. The van der Waals surface area contributed by atoms with Crippen LogP contribution in [0.25, 0.3) is 5.52 Å². The molecule has 2 heterocycles. The van der Waals surface area contributed by atoms with Gasteiger partial charge in [-0.05, 0) is 19.1 Å². The molecule has 14 heavy (non-hydrogen) atoms. The van der Waals surface area contributed by atoms with Crippen molar-refractivity contribution >= 4 is 5.52 Å². The van der Waals surface area contributed by atoms with Gasteiger partial charge in [0.25, 0.3) is 0 Å². The molecule has 0 saturated carbocycles. The van der Waals surface area contributed by atoms with Crippen LogP contribution in [0.15, 0.2) is 24.5 Å². The first kappa shape index (κ1) is 9.15. The highest BCUT2D eigenvalue weighted by Crippen LogP contribution is 2.11. The fourth-order valence-corrected chi connectivity index (χ4v) is 1.48. The Morgan fingerprint density at radius 1 is 1.64 bits per heavy atom. The molecule has 0 radical (unpaired) electrons. The van der Waals surface area contributed by atoms with Crippen LogP contribution in [-0.4, -0.2) is 15.4 Å². The van der Waals surface area contributed by atoms with E-state index in [0.717, 1.165) is 5.82 Å². The highest BCUT2D eigenvalue weighted by molar-refractivity contribution is 5.47. The Hall–Kier alpha value is -1.42. The SMILES string of the molecule is CC(N)Cc1ncc2c(F)cccn12. The van der Waals surface area contributed by atoms with E-state index in [1.807, 2.05) is 6.92 Å². The van der Waals surface area contributed by atoms with E-state index in [0.29, 0.717) is 11.9 Å². The molecule has 0 spiro atoms. The van der Waals surface area contributed by atoms with Crippen molar-refractivity contribution in [3.63, 3.8) is 0 Å². The van der Waals surface area contributed by atoms with Crippen LogP contribution in [-0.2, 0) is 6.42 Å². The van der Waals surface area contributed by atoms with Crippen molar-refractivity contribution in [1.82, 2.24) is 9.38 Å². The molecule has 0 bridgehead atoms. The van der Waals surface area contributed by atoms with Gasteiger partial charge in [-0.15, -0.1) is 0 Å². The first-order chi connectivity index (χ1) is 6.68. The van der Waals surface area contributed by atoms with Crippen molar-refractivity contribution < 1.29 is 4.39 Å². The highest BCUT2D eigenvalue weighted by Gasteiger charge is 2.07. The Bertz CT molecular complexity index is 448. The molecule has 1 atom stereocenters. The monoisotopic (exact) mass is 193 g/mol. The molecule has 2 aromatic heterocycles. The summed E-state index contributed by atoms with van der Waals surface area (Å²) in [4.78, 5) is 4.14. The fraction of sp³-hybridized carbons (Fsp3) is 0.300. The zero-order valence-corrected chi connectivity index (χ0v) is 7.94. The lowest BCUT2D eigenvalue weighted by Gasteiger charge is -2.03. The quantitative estimate of drug-likeness (QED) is 0.782. The zero-order chi connectivity index (χ0) is 10.1. The van der Waals surface area contributed by atoms with E-state index in [4.69, 9.17) is 5.73 Å². The van der Waals surface area contributed by atoms with Crippen molar-refractivity contribution in [2.75, 3.05) is 0 Å². The number of hydrogen-bond donors (Lipinski definition) is 1. The Kier molecular flexibility index (Phi) is 2.21. The third-order valence-corrected chi connectivity index (χ3v) is 2.10. The standard InChI is InChI=1S/C10H12FN3/c1-7(12)5-10-13-6-9-8(11)3-2-4-14(9)10/h2-4,6-7H,5,12H2,1H3. The van der Waals surface area contributed by atoms with E-state index in [1.54, 1.807) is 16.7 Å². The van der Waals surface area contributed by atoms with Gasteiger partial charge in [0.05, 0.1) is 6.20 Å². The Balaban J connectivity index is 2.52. The van der Waals surface area contributed by atoms with Crippen LogP contribution >= 0.6 is 0 Å². The summed E-state index contributed by atoms with van der Waals surface area (Å²) < 4.78 is 15.0. The number of nitrogens with two attached hydrogens (primary N) is 1. The molecule has 0 aliphatic carbocycles. The fourth-order valence-electron chi connectivity index (χ4n) is 1.48. The molecule has 1 unspecified atom stereocenters. The molecule has 0 amide bonds. The molecule has 0 aromatic carbocycles. The number of nitrogens with zero attached hydrogens (tertiary/aromatic N) is 2. The summed E-state index contributed by atoms with van der Waals surface area (Å²) in [6.45, 7) is 1.90. The van der Waals surface area contributed by atoms with Crippen molar-refractivity contribution in [2.24, 2.45) is 5.73 Å². The molecule has 3 nitrogen and oxygen atoms in total. The minimum absolute atomic E-state index is 0.0314. The van der Waals surface area contributed by atoms with Crippen LogP contribution in [0.1, 0.15) is 12.7 Å². The summed E-state index contributed by atoms with van der Waals surface area (Å²) in [6, 6.07) is 3.12. The molecule has 4 heteroatoms. The lowest BCUT2D eigenvalue weighted by molar-refractivity contribution is 0.630. The number of aromatic nitrogens is 2. The molecule has 0 saturated heterocycles. The van der Waals surface area contributed by atoms with E-state index in [9.17, 15) is 4.39 Å². The number of imidazole rings is 1. The third kappa shape index (κ3) is 1.48. The van der Waals surface area contributed by atoms with E-state index in [1.165, 1.54) is 12.3 Å². The highest BCUT2D eigenvalue weighted by atomic mass is 19.1. The Morgan fingerprint density at radius 2 is 2.43 bits per heavy atom. The van der Waals surface area contributed by atoms with Crippen molar-refractivity contribution in [2.45, 2.75) is 19.4 Å². The number of halogens is 1. The number of hydrogen-bond acceptors (Lipinski definition) is 2. The average molecular weight is 193 g/mol. The topological polar surface area (TPSA) is 43.3 Å². The summed E-state index contributed by atoms with van der Waals surface area (Å²) in [5.74, 6) is 0.547. The largest absolute Gasteiger partial charge is 0.328 e. The van der Waals surface area contributed by atoms with Gasteiger partial charge in [-0.3, -0.25) is 0 Å². The van der Waals surface area contributed by atoms with Gasteiger partial charge in [0.2, 0.25) is 0 Å². The molecule has 2 aromatic rings. The molecule has 2 N–H and O–H groups in total. The van der Waals surface area contributed by atoms with Crippen molar-refractivity contribution in [1.29, 1.82) is 0 Å². The van der Waals surface area contributed by atoms with Crippen LogP contribution in [0.3, 0.4) is 0 Å². The van der Waals surface area contributed by atoms with Crippen LogP contribution in [0, 0.1) is 5.82 Å². The maximum absolute atomic E-state index is 13.2. The first-order valence-electron chi connectivity index (χ1n) is 4.54. The van der Waals surface area contributed by atoms with Gasteiger partial charge in [-0.25, -0.2) is 9.37 Å². The summed E-state index contributed by atoms with van der Waals surface area (Å²) >= 11 is 0. The van der Waals surface area contributed by atoms with Crippen LogP contribution in [0.4, 0.5) is 4.39 Å². The summed E-state index contributed by atoms with van der Waals surface area (Å²) in [5, 5.41) is 0. The Labute approximate surface area is 81.4 Å². The second kappa shape index (κ2) is 3.38. The smallest absolute Gasteiger partial charge is 0.148 e. The maximum atomic E-state index is 13.2. The number of fused-ring (bicyclic) bond motifs is 1. The van der Waals surface area contributed by atoms with Crippen LogP contribution in [0.5, 0.6) is 0 Å². The lowest BCUT2D eigenvalue weighted by atomic mass is 10.2. The molecule has 2 rings (SSSR count). The second-order valence-corrected chi connectivity index (χ2v) is 3.47. The van der Waals surface area contributed by atoms with Crippen molar-refractivity contribution in [3.05, 3.63) is 36.2 Å². The van der Waals surface area contributed by atoms with Gasteiger partial charge in [0.1, 0.15) is 17.2 Å². The maximum Gasteiger partial charge on any atom is 0.148 e. The van der Waals surface area contributed by atoms with E-state index in [-0.39, 0.29) is 11.9 Å². The second-order valence-electron chi connectivity index (χ2n) is 3.47. The lowest BCUT2D eigenvalue weighted by Crippen LogP contribution is -2.19. The number of rotatable bonds is 2. The minimum Gasteiger partial charge on any atom is -0.328 e. The molecular formula is C10H12FN3. The number of pyridine rings is 1. The molecule has 0 aliphatic rings. The third-order valence-electron chi connectivity index (χ3n) is 2.10. The normalized spacial score (nSPS) is 13.4. The minimum atomic E-state index is -0.254. The predicted molar refractivity (Wildman–Crippen MR) is 52.5 cm³/mol. The summed E-state index contributed by atoms with van der Waals surface area (Å²) in [5.41, 5.74) is 6.17. The van der Waals surface area contributed by atoms with E-state index >= 15 is 0 Å². The van der Waals surface area contributed by atoms with Gasteiger partial charge in [-0.2, -0.15) is 0 Å². The molecule has 0 aliphatic heterocycles. The van der Waals surface area contributed by atoms with Crippen LogP contribution < -0.4 is 5.73 Å². The predicted octanol–water partition coefficient (Wildman–Crippen LogP) is 1.36. The molecular weight excluding hydrogens is 181 g/mol. The van der Waals surface area contributed by atoms with Gasteiger partial charge in [0.15, 0.2) is 0 Å². The van der Waals surface area contributed by atoms with E-state index < -0.39 is 0 Å². The zero-order valence-electron chi connectivity index (χ0n) is 7.94. The van der Waals surface area contributed by atoms with E-state index in [2.05, 4.69) is 4.98 Å². The van der Waals surface area contributed by atoms with Gasteiger partial charge < -0.3 is 10.1 Å². The van der Waals surface area contributed by atoms with Gasteiger partial charge in [0, 0.05) is 18.7 Å². The Morgan fingerprint density at radius 3 is 3.14 bits per heavy atom. The average Bonchev–Trinajstić information content (AvgIpc) is 2.49. The van der Waals surface area contributed by atoms with Crippen molar-refractivity contribution in [3.8, 4) is 0 Å². The first-order valence-corrected chi connectivity index (χ1v) is 4.54. The van der Waals surface area contributed by atoms with Gasteiger partial charge >= 0.3 is 0 Å². The van der Waals surface area contributed by atoms with Gasteiger partial charge in [-0.1, -0.05) is 0 Å². The molecule has 0 fully saturated rings. The molecule has 74 valence electrons.